The number of thiophene rings is 1. The van der Waals surface area contributed by atoms with Crippen molar-refractivity contribution in [1.82, 2.24) is 19.4 Å². The molecule has 0 N–H and O–H groups in total. The molecule has 1 aliphatic rings. The standard InChI is InChI=1S/C17H24N4OS/c1-3-19(4-2)10-14-11-20-8-7-18-16(20)13-21(12-14)17(22)15-6-5-9-23-15/h5-9,14H,3-4,10-13H2,1-2H3/t14-/m1/s1. The quantitative estimate of drug-likeness (QED) is 0.845. The summed E-state index contributed by atoms with van der Waals surface area (Å²) in [6.07, 6.45) is 3.87. The average molecular weight is 332 g/mol. The van der Waals surface area contributed by atoms with Gasteiger partial charge < -0.3 is 14.4 Å². The lowest BCUT2D eigenvalue weighted by Gasteiger charge is -2.28. The molecule has 0 fully saturated rings. The molecule has 1 aliphatic heterocycles. The molecule has 1 atom stereocenters. The number of imidazole rings is 1. The molecule has 0 spiro atoms. The van der Waals surface area contributed by atoms with E-state index in [9.17, 15) is 4.79 Å². The zero-order valence-electron chi connectivity index (χ0n) is 13.8. The number of amides is 1. The van der Waals surface area contributed by atoms with E-state index in [1.165, 1.54) is 11.3 Å². The SMILES string of the molecule is CCN(CC)C[C@H]1CN(C(=O)c2cccs2)Cc2nccn2C1. The first kappa shape index (κ1) is 16.2. The third kappa shape index (κ3) is 3.64. The largest absolute Gasteiger partial charge is 0.333 e. The van der Waals surface area contributed by atoms with Crippen molar-refractivity contribution in [2.24, 2.45) is 5.92 Å². The van der Waals surface area contributed by atoms with E-state index in [0.717, 1.165) is 43.4 Å². The molecule has 3 rings (SSSR count). The van der Waals surface area contributed by atoms with Gasteiger partial charge in [-0.15, -0.1) is 11.3 Å². The van der Waals surface area contributed by atoms with Crippen LogP contribution in [-0.2, 0) is 13.1 Å². The van der Waals surface area contributed by atoms with Crippen LogP contribution in [0.1, 0.15) is 29.3 Å². The smallest absolute Gasteiger partial charge is 0.264 e. The van der Waals surface area contributed by atoms with E-state index in [-0.39, 0.29) is 5.91 Å². The first-order chi connectivity index (χ1) is 11.2. The zero-order chi connectivity index (χ0) is 16.2. The van der Waals surface area contributed by atoms with Gasteiger partial charge in [0.2, 0.25) is 0 Å². The Bertz CT molecular complexity index is 633. The molecule has 2 aromatic rings. The summed E-state index contributed by atoms with van der Waals surface area (Å²) in [7, 11) is 0. The van der Waals surface area contributed by atoms with E-state index in [2.05, 4.69) is 28.3 Å². The number of carbonyl (C=O) groups excluding carboxylic acids is 1. The van der Waals surface area contributed by atoms with E-state index in [4.69, 9.17) is 0 Å². The summed E-state index contributed by atoms with van der Waals surface area (Å²) in [5.74, 6) is 1.53. The highest BCUT2D eigenvalue weighted by molar-refractivity contribution is 7.12. The van der Waals surface area contributed by atoms with Crippen molar-refractivity contribution in [3.8, 4) is 0 Å². The minimum Gasteiger partial charge on any atom is -0.333 e. The predicted octanol–water partition coefficient (Wildman–Crippen LogP) is 2.56. The van der Waals surface area contributed by atoms with Crippen LogP contribution >= 0.6 is 11.3 Å². The van der Waals surface area contributed by atoms with Crippen molar-refractivity contribution < 1.29 is 4.79 Å². The van der Waals surface area contributed by atoms with Crippen LogP contribution in [0.5, 0.6) is 0 Å². The van der Waals surface area contributed by atoms with Gasteiger partial charge in [0.1, 0.15) is 5.82 Å². The molecule has 2 aromatic heterocycles. The number of hydrogen-bond donors (Lipinski definition) is 0. The second-order valence-electron chi connectivity index (χ2n) is 6.01. The molecule has 0 unspecified atom stereocenters. The van der Waals surface area contributed by atoms with Gasteiger partial charge in [0.25, 0.3) is 5.91 Å². The van der Waals surface area contributed by atoms with E-state index >= 15 is 0 Å². The van der Waals surface area contributed by atoms with Crippen LogP contribution in [0.15, 0.2) is 29.9 Å². The highest BCUT2D eigenvalue weighted by Gasteiger charge is 2.27. The molecule has 0 aromatic carbocycles. The second kappa shape index (κ2) is 7.27. The summed E-state index contributed by atoms with van der Waals surface area (Å²) in [5.41, 5.74) is 0. The highest BCUT2D eigenvalue weighted by Crippen LogP contribution is 2.20. The van der Waals surface area contributed by atoms with Crippen molar-refractivity contribution in [2.75, 3.05) is 26.2 Å². The Morgan fingerprint density at radius 3 is 2.91 bits per heavy atom. The van der Waals surface area contributed by atoms with Crippen molar-refractivity contribution in [3.63, 3.8) is 0 Å². The Kier molecular flexibility index (Phi) is 5.13. The van der Waals surface area contributed by atoms with Gasteiger partial charge in [0.15, 0.2) is 0 Å². The molecule has 0 radical (unpaired) electrons. The minimum absolute atomic E-state index is 0.126. The number of nitrogens with zero attached hydrogens (tertiary/aromatic N) is 4. The summed E-state index contributed by atoms with van der Waals surface area (Å²) < 4.78 is 2.20. The molecule has 0 saturated carbocycles. The fourth-order valence-electron chi connectivity index (χ4n) is 3.21. The van der Waals surface area contributed by atoms with Crippen LogP contribution in [0.2, 0.25) is 0 Å². The monoisotopic (exact) mass is 332 g/mol. The van der Waals surface area contributed by atoms with Crippen molar-refractivity contribution in [3.05, 3.63) is 40.6 Å². The molecule has 0 aliphatic carbocycles. The summed E-state index contributed by atoms with van der Waals surface area (Å²) in [6.45, 7) is 9.80. The topological polar surface area (TPSA) is 41.4 Å². The van der Waals surface area contributed by atoms with Crippen LogP contribution in [0.25, 0.3) is 0 Å². The van der Waals surface area contributed by atoms with E-state index < -0.39 is 0 Å². The first-order valence-corrected chi connectivity index (χ1v) is 9.14. The number of fused-ring (bicyclic) bond motifs is 1. The molecule has 5 nitrogen and oxygen atoms in total. The average Bonchev–Trinajstić information content (AvgIpc) is 3.21. The maximum absolute atomic E-state index is 12.8. The van der Waals surface area contributed by atoms with Crippen molar-refractivity contribution in [1.29, 1.82) is 0 Å². The Hall–Kier alpha value is -1.66. The first-order valence-electron chi connectivity index (χ1n) is 8.26. The lowest BCUT2D eigenvalue weighted by Crippen LogP contribution is -2.39. The molecule has 6 heteroatoms. The molecule has 124 valence electrons. The zero-order valence-corrected chi connectivity index (χ0v) is 14.6. The van der Waals surface area contributed by atoms with Gasteiger partial charge in [-0.05, 0) is 24.5 Å². The fraction of sp³-hybridized carbons (Fsp3) is 0.529. The van der Waals surface area contributed by atoms with Gasteiger partial charge in [-0.1, -0.05) is 19.9 Å². The maximum Gasteiger partial charge on any atom is 0.264 e. The molecule has 0 saturated heterocycles. The van der Waals surface area contributed by atoms with Gasteiger partial charge >= 0.3 is 0 Å². The van der Waals surface area contributed by atoms with E-state index in [1.54, 1.807) is 0 Å². The number of carbonyl (C=O) groups is 1. The Labute approximate surface area is 141 Å². The third-order valence-electron chi connectivity index (χ3n) is 4.50. The normalized spacial score (nSPS) is 18.0. The summed E-state index contributed by atoms with van der Waals surface area (Å²) >= 11 is 1.51. The van der Waals surface area contributed by atoms with Gasteiger partial charge in [-0.2, -0.15) is 0 Å². The molecule has 3 heterocycles. The number of aromatic nitrogens is 2. The van der Waals surface area contributed by atoms with Gasteiger partial charge in [-0.3, -0.25) is 4.79 Å². The lowest BCUT2D eigenvalue weighted by atomic mass is 10.1. The van der Waals surface area contributed by atoms with Gasteiger partial charge in [0, 0.05) is 37.9 Å². The van der Waals surface area contributed by atoms with Crippen molar-refractivity contribution in [2.45, 2.75) is 26.9 Å². The van der Waals surface area contributed by atoms with Crippen LogP contribution in [0, 0.1) is 5.92 Å². The number of hydrogen-bond acceptors (Lipinski definition) is 4. The van der Waals surface area contributed by atoms with Crippen LogP contribution in [0.4, 0.5) is 0 Å². The molecule has 1 amide bonds. The predicted molar refractivity (Wildman–Crippen MR) is 92.6 cm³/mol. The van der Waals surface area contributed by atoms with E-state index in [1.807, 2.05) is 34.8 Å². The summed E-state index contributed by atoms with van der Waals surface area (Å²) in [5, 5.41) is 1.96. The summed E-state index contributed by atoms with van der Waals surface area (Å²) in [4.78, 5) is 22.5. The molecule has 0 bridgehead atoms. The summed E-state index contributed by atoms with van der Waals surface area (Å²) in [6, 6.07) is 3.84. The number of rotatable bonds is 5. The minimum atomic E-state index is 0.126. The maximum atomic E-state index is 12.8. The van der Waals surface area contributed by atoms with Crippen LogP contribution in [0.3, 0.4) is 0 Å². The van der Waals surface area contributed by atoms with Crippen LogP contribution < -0.4 is 0 Å². The van der Waals surface area contributed by atoms with Crippen LogP contribution in [-0.4, -0.2) is 51.4 Å². The Balaban J connectivity index is 1.81. The van der Waals surface area contributed by atoms with Gasteiger partial charge in [0.05, 0.1) is 11.4 Å². The third-order valence-corrected chi connectivity index (χ3v) is 5.36. The highest BCUT2D eigenvalue weighted by atomic mass is 32.1. The Morgan fingerprint density at radius 2 is 2.22 bits per heavy atom. The fourth-order valence-corrected chi connectivity index (χ4v) is 3.90. The lowest BCUT2D eigenvalue weighted by molar-refractivity contribution is 0.0709. The second-order valence-corrected chi connectivity index (χ2v) is 6.96. The van der Waals surface area contributed by atoms with Crippen molar-refractivity contribution >= 4 is 17.2 Å². The van der Waals surface area contributed by atoms with Gasteiger partial charge in [-0.25, -0.2) is 4.98 Å². The Morgan fingerprint density at radius 1 is 1.39 bits per heavy atom. The molecule has 23 heavy (non-hydrogen) atoms. The molecular formula is C17H24N4OS. The molecular weight excluding hydrogens is 308 g/mol. The van der Waals surface area contributed by atoms with E-state index in [0.29, 0.717) is 12.5 Å².